The number of aromatic nitrogens is 1. The molecule has 2 heterocycles. The Hall–Kier alpha value is -1.80. The van der Waals surface area contributed by atoms with Crippen LogP contribution in [0.2, 0.25) is 0 Å². The van der Waals surface area contributed by atoms with Crippen LogP contribution in [0.3, 0.4) is 0 Å². The van der Waals surface area contributed by atoms with Gasteiger partial charge in [-0.25, -0.2) is 0 Å². The molecule has 1 fully saturated rings. The van der Waals surface area contributed by atoms with Gasteiger partial charge in [0.05, 0.1) is 7.11 Å². The van der Waals surface area contributed by atoms with Crippen LogP contribution in [0.15, 0.2) is 42.6 Å². The third-order valence-corrected chi connectivity index (χ3v) is 5.79. The number of aliphatic hydroxyl groups is 1. The van der Waals surface area contributed by atoms with E-state index in [1.54, 1.807) is 7.11 Å². The largest absolute Gasteiger partial charge is 0.493 e. The van der Waals surface area contributed by atoms with Crippen LogP contribution in [-0.4, -0.2) is 72.5 Å². The number of β-amino-alcohol motifs (C(OH)–C–C–N with tert-alkyl or cyclic N) is 1. The van der Waals surface area contributed by atoms with Crippen LogP contribution in [0.4, 0.5) is 0 Å². The van der Waals surface area contributed by atoms with Gasteiger partial charge in [0, 0.05) is 62.5 Å². The number of methoxy groups -OCH3 is 1. The molecule has 1 aromatic carbocycles. The fourth-order valence-corrected chi connectivity index (χ4v) is 4.24. The van der Waals surface area contributed by atoms with Crippen molar-refractivity contribution in [3.05, 3.63) is 53.9 Å². The lowest BCUT2D eigenvalue weighted by atomic mass is 10.2. The molecule has 2 N–H and O–H groups in total. The van der Waals surface area contributed by atoms with E-state index < -0.39 is 6.10 Å². The van der Waals surface area contributed by atoms with Gasteiger partial charge in [-0.2, -0.15) is 11.8 Å². The van der Waals surface area contributed by atoms with E-state index in [4.69, 9.17) is 9.47 Å². The summed E-state index contributed by atoms with van der Waals surface area (Å²) < 4.78 is 11.3. The predicted molar refractivity (Wildman–Crippen MR) is 118 cm³/mol. The minimum atomic E-state index is -0.504. The first-order chi connectivity index (χ1) is 14.2. The molecule has 29 heavy (non-hydrogen) atoms. The Morgan fingerprint density at radius 2 is 2.07 bits per heavy atom. The average Bonchev–Trinajstić information content (AvgIpc) is 2.77. The zero-order valence-electron chi connectivity index (χ0n) is 17.0. The second kappa shape index (κ2) is 12.0. The monoisotopic (exact) mass is 417 g/mol. The first kappa shape index (κ1) is 21.9. The highest BCUT2D eigenvalue weighted by Crippen LogP contribution is 2.28. The van der Waals surface area contributed by atoms with Crippen LogP contribution >= 0.6 is 11.8 Å². The van der Waals surface area contributed by atoms with Crippen molar-refractivity contribution >= 4 is 11.8 Å². The smallest absolute Gasteiger partial charge is 0.161 e. The molecule has 7 heteroatoms. The summed E-state index contributed by atoms with van der Waals surface area (Å²) in [5.74, 6) is 3.63. The Bertz CT molecular complexity index is 726. The van der Waals surface area contributed by atoms with Gasteiger partial charge in [-0.15, -0.1) is 0 Å². The van der Waals surface area contributed by atoms with E-state index in [0.29, 0.717) is 18.0 Å². The number of benzene rings is 1. The van der Waals surface area contributed by atoms with Crippen LogP contribution in [0.5, 0.6) is 11.5 Å². The molecule has 1 unspecified atom stereocenters. The molecule has 0 amide bonds. The maximum Gasteiger partial charge on any atom is 0.161 e. The number of nitrogens with zero attached hydrogens (tertiary/aromatic N) is 2. The van der Waals surface area contributed by atoms with Crippen molar-refractivity contribution < 1.29 is 14.6 Å². The van der Waals surface area contributed by atoms with Crippen LogP contribution in [0, 0.1) is 0 Å². The summed E-state index contributed by atoms with van der Waals surface area (Å²) in [6, 6.07) is 11.9. The fraction of sp³-hybridized carbons (Fsp3) is 0.500. The van der Waals surface area contributed by atoms with E-state index in [1.165, 1.54) is 0 Å². The van der Waals surface area contributed by atoms with Crippen molar-refractivity contribution in [1.29, 1.82) is 0 Å². The van der Waals surface area contributed by atoms with Crippen molar-refractivity contribution in [1.82, 2.24) is 15.2 Å². The number of hydrogen-bond donors (Lipinski definition) is 2. The molecule has 0 saturated carbocycles. The van der Waals surface area contributed by atoms with Crippen molar-refractivity contribution in [2.75, 3.05) is 51.4 Å². The molecular formula is C22H31N3O3S. The molecule has 1 aromatic heterocycles. The maximum absolute atomic E-state index is 10.3. The van der Waals surface area contributed by atoms with E-state index >= 15 is 0 Å². The van der Waals surface area contributed by atoms with E-state index in [1.807, 2.05) is 54.4 Å². The van der Waals surface area contributed by atoms with Gasteiger partial charge in [-0.1, -0.05) is 12.1 Å². The van der Waals surface area contributed by atoms with E-state index in [-0.39, 0.29) is 6.61 Å². The van der Waals surface area contributed by atoms with Gasteiger partial charge in [-0.3, -0.25) is 9.88 Å². The summed E-state index contributed by atoms with van der Waals surface area (Å²) in [6.07, 6.45) is 2.21. The fourth-order valence-electron chi connectivity index (χ4n) is 3.26. The molecule has 0 spiro atoms. The third-order valence-electron chi connectivity index (χ3n) is 4.85. The first-order valence-corrected chi connectivity index (χ1v) is 11.3. The molecule has 3 rings (SSSR count). The van der Waals surface area contributed by atoms with Gasteiger partial charge >= 0.3 is 0 Å². The summed E-state index contributed by atoms with van der Waals surface area (Å²) in [5, 5.41) is 13.7. The normalized spacial score (nSPS) is 15.8. The van der Waals surface area contributed by atoms with Crippen molar-refractivity contribution in [2.24, 2.45) is 0 Å². The molecule has 158 valence electrons. The molecule has 6 nitrogen and oxygen atoms in total. The van der Waals surface area contributed by atoms with Crippen molar-refractivity contribution in [3.63, 3.8) is 0 Å². The van der Waals surface area contributed by atoms with Crippen LogP contribution in [0.25, 0.3) is 0 Å². The van der Waals surface area contributed by atoms with Crippen molar-refractivity contribution in [3.8, 4) is 11.5 Å². The summed E-state index contributed by atoms with van der Waals surface area (Å²) in [6.45, 7) is 4.60. The number of thioether (sulfide) groups is 1. The van der Waals surface area contributed by atoms with Crippen LogP contribution in [-0.2, 0) is 13.0 Å². The minimum Gasteiger partial charge on any atom is -0.493 e. The Balaban J connectivity index is 1.42. The highest BCUT2D eigenvalue weighted by atomic mass is 32.2. The molecule has 0 radical (unpaired) electrons. The van der Waals surface area contributed by atoms with Crippen LogP contribution < -0.4 is 14.8 Å². The zero-order chi connectivity index (χ0) is 20.3. The maximum atomic E-state index is 10.3. The Morgan fingerprint density at radius 3 is 2.83 bits per heavy atom. The lowest BCUT2D eigenvalue weighted by Gasteiger charge is -2.28. The average molecular weight is 418 g/mol. The highest BCUT2D eigenvalue weighted by Gasteiger charge is 2.16. The number of aliphatic hydroxyl groups excluding tert-OH is 1. The van der Waals surface area contributed by atoms with Crippen molar-refractivity contribution in [2.45, 2.75) is 19.1 Å². The van der Waals surface area contributed by atoms with Gasteiger partial charge in [0.15, 0.2) is 11.5 Å². The van der Waals surface area contributed by atoms with E-state index in [2.05, 4.69) is 15.2 Å². The summed E-state index contributed by atoms with van der Waals surface area (Å²) in [7, 11) is 1.64. The molecule has 2 aromatic rings. The molecule has 0 bridgehead atoms. The Morgan fingerprint density at radius 1 is 1.21 bits per heavy atom. The van der Waals surface area contributed by atoms with Gasteiger partial charge in [-0.05, 0) is 29.8 Å². The second-order valence-electron chi connectivity index (χ2n) is 7.11. The van der Waals surface area contributed by atoms with Gasteiger partial charge in [0.2, 0.25) is 0 Å². The van der Waals surface area contributed by atoms with Gasteiger partial charge in [0.1, 0.15) is 12.7 Å². The molecule has 1 aliphatic heterocycles. The summed E-state index contributed by atoms with van der Waals surface area (Å²) in [4.78, 5) is 6.63. The van der Waals surface area contributed by atoms with Gasteiger partial charge in [0.25, 0.3) is 0 Å². The zero-order valence-corrected chi connectivity index (χ0v) is 17.9. The standard InChI is InChI=1S/C22H31N3O3S/c1-27-22-14-18(15-23-9-7-19-4-2-3-8-24-19)5-6-21(22)28-17-20(26)16-25-10-12-29-13-11-25/h2-6,8,14,20,23,26H,7,9-13,15-17H2,1H3. The lowest BCUT2D eigenvalue weighted by molar-refractivity contribution is 0.0705. The summed E-state index contributed by atoms with van der Waals surface area (Å²) in [5.41, 5.74) is 2.21. The third kappa shape index (κ3) is 7.51. The number of rotatable bonds is 11. The Kier molecular flexibility index (Phi) is 9.08. The Labute approximate surface area is 177 Å². The number of nitrogens with one attached hydrogen (secondary N) is 1. The number of pyridine rings is 1. The molecule has 0 aliphatic carbocycles. The molecule has 1 atom stereocenters. The first-order valence-electron chi connectivity index (χ1n) is 10.1. The molecule has 1 aliphatic rings. The highest BCUT2D eigenvalue weighted by molar-refractivity contribution is 7.99. The molecular weight excluding hydrogens is 386 g/mol. The number of ether oxygens (including phenoxy) is 2. The van der Waals surface area contributed by atoms with E-state index in [0.717, 1.165) is 55.4 Å². The number of hydrogen-bond acceptors (Lipinski definition) is 7. The lowest BCUT2D eigenvalue weighted by Crippen LogP contribution is -2.40. The topological polar surface area (TPSA) is 66.8 Å². The summed E-state index contributed by atoms with van der Waals surface area (Å²) >= 11 is 1.97. The molecule has 1 saturated heterocycles. The predicted octanol–water partition coefficient (Wildman–Crippen LogP) is 2.21. The SMILES string of the molecule is COc1cc(CNCCc2ccccn2)ccc1OCC(O)CN1CCSCC1. The minimum absolute atomic E-state index is 0.266. The second-order valence-corrected chi connectivity index (χ2v) is 8.34. The van der Waals surface area contributed by atoms with E-state index in [9.17, 15) is 5.11 Å². The quantitative estimate of drug-likeness (QED) is 0.544. The van der Waals surface area contributed by atoms with Gasteiger partial charge < -0.3 is 19.9 Å². The van der Waals surface area contributed by atoms with Crippen LogP contribution in [0.1, 0.15) is 11.3 Å².